The quantitative estimate of drug-likeness (QED) is 0.133. The number of pyridine rings is 1. The summed E-state index contributed by atoms with van der Waals surface area (Å²) in [5.41, 5.74) is -4.61. The van der Waals surface area contributed by atoms with Gasteiger partial charge in [0.25, 0.3) is 5.56 Å². The first-order chi connectivity index (χ1) is 21.3. The van der Waals surface area contributed by atoms with Crippen LogP contribution in [0.25, 0.3) is 22.2 Å². The smallest absolute Gasteiger partial charge is 0.420 e. The Hall–Kier alpha value is -4.42. The van der Waals surface area contributed by atoms with E-state index in [1.807, 2.05) is 4.98 Å². The fourth-order valence-corrected chi connectivity index (χ4v) is 5.21. The SMILES string of the molecule is COc1ccc(CN(Cc2ccc(OC)cc2)c2cc(C)c(Cl)c(-c3c(C(F)(F)F)c(F)c4c(=O)[nH]c(Cl)nc4c3F)n2)cc1. The van der Waals surface area contributed by atoms with Crippen molar-refractivity contribution in [3.63, 3.8) is 0 Å². The summed E-state index contributed by atoms with van der Waals surface area (Å²) in [6, 6.07) is 15.7. The molecule has 0 spiro atoms. The van der Waals surface area contributed by atoms with Crippen LogP contribution < -0.4 is 19.9 Å². The Kier molecular flexibility index (Phi) is 8.90. The Morgan fingerprint density at radius 3 is 1.89 bits per heavy atom. The average molecular weight is 665 g/mol. The number of aromatic amines is 1. The zero-order valence-corrected chi connectivity index (χ0v) is 25.3. The van der Waals surface area contributed by atoms with Gasteiger partial charge in [-0.15, -0.1) is 0 Å². The molecule has 234 valence electrons. The van der Waals surface area contributed by atoms with E-state index in [2.05, 4.69) is 9.97 Å². The van der Waals surface area contributed by atoms with Crippen molar-refractivity contribution in [3.05, 3.63) is 109 Å². The summed E-state index contributed by atoms with van der Waals surface area (Å²) in [4.78, 5) is 24.0. The molecular formula is C31H23Cl2F5N4O3. The van der Waals surface area contributed by atoms with Gasteiger partial charge in [-0.25, -0.2) is 18.7 Å². The van der Waals surface area contributed by atoms with Gasteiger partial charge in [-0.1, -0.05) is 35.9 Å². The minimum atomic E-state index is -5.46. The van der Waals surface area contributed by atoms with Gasteiger partial charge < -0.3 is 14.4 Å². The molecule has 0 unspecified atom stereocenters. The normalized spacial score (nSPS) is 11.6. The first kappa shape index (κ1) is 32.0. The Labute approximate surface area is 263 Å². The topological polar surface area (TPSA) is 80.3 Å². The highest BCUT2D eigenvalue weighted by Crippen LogP contribution is 2.45. The molecule has 5 rings (SSSR count). The molecule has 2 aromatic heterocycles. The highest BCUT2D eigenvalue weighted by Gasteiger charge is 2.42. The van der Waals surface area contributed by atoms with Gasteiger partial charge in [0, 0.05) is 13.1 Å². The number of hydrogen-bond acceptors (Lipinski definition) is 6. The lowest BCUT2D eigenvalue weighted by Crippen LogP contribution is -2.24. The Bertz CT molecular complexity index is 1900. The Balaban J connectivity index is 1.75. The standard InChI is InChI=1S/C31H23Cl2F5N4O3/c1-15-12-20(42(13-16-4-8-18(44-2)9-5-16)14-17-6-10-19(45-3)11-7-17)39-27(24(15)32)21-23(31(36,37)38)25(34)22-28(26(21)35)40-30(33)41-29(22)43/h4-12H,13-14H2,1-3H3,(H,40,41,43). The number of nitrogens with one attached hydrogen (secondary N) is 1. The van der Waals surface area contributed by atoms with E-state index in [0.29, 0.717) is 11.5 Å². The number of H-pyrrole nitrogens is 1. The summed E-state index contributed by atoms with van der Waals surface area (Å²) >= 11 is 12.2. The van der Waals surface area contributed by atoms with Crippen LogP contribution in [0, 0.1) is 18.6 Å². The first-order valence-corrected chi connectivity index (χ1v) is 13.9. The second-order valence-corrected chi connectivity index (χ2v) is 10.7. The largest absolute Gasteiger partial charge is 0.497 e. The van der Waals surface area contributed by atoms with E-state index in [0.717, 1.165) is 11.1 Å². The summed E-state index contributed by atoms with van der Waals surface area (Å²) in [6.07, 6.45) is -5.46. The van der Waals surface area contributed by atoms with Crippen LogP contribution in [0.15, 0.2) is 59.4 Å². The number of benzene rings is 3. The lowest BCUT2D eigenvalue weighted by molar-refractivity contribution is -0.139. The van der Waals surface area contributed by atoms with E-state index < -0.39 is 56.4 Å². The molecule has 0 aliphatic carbocycles. The summed E-state index contributed by atoms with van der Waals surface area (Å²) in [5.74, 6) is -2.35. The molecule has 5 aromatic rings. The summed E-state index contributed by atoms with van der Waals surface area (Å²) in [7, 11) is 3.05. The van der Waals surface area contributed by atoms with Gasteiger partial charge in [0.15, 0.2) is 11.6 Å². The van der Waals surface area contributed by atoms with E-state index in [1.54, 1.807) is 53.4 Å². The molecule has 0 fully saturated rings. The van der Waals surface area contributed by atoms with E-state index in [4.69, 9.17) is 32.7 Å². The van der Waals surface area contributed by atoms with Crippen LogP contribution in [-0.2, 0) is 19.3 Å². The van der Waals surface area contributed by atoms with Crippen LogP contribution in [0.3, 0.4) is 0 Å². The van der Waals surface area contributed by atoms with Crippen molar-refractivity contribution in [1.82, 2.24) is 15.0 Å². The molecule has 7 nitrogen and oxygen atoms in total. The highest BCUT2D eigenvalue weighted by atomic mass is 35.5. The number of fused-ring (bicyclic) bond motifs is 1. The molecule has 45 heavy (non-hydrogen) atoms. The molecule has 1 N–H and O–H groups in total. The van der Waals surface area contributed by atoms with Gasteiger partial charge in [0.05, 0.1) is 30.5 Å². The number of hydrogen-bond donors (Lipinski definition) is 1. The number of halogens is 7. The van der Waals surface area contributed by atoms with Crippen molar-refractivity contribution < 1.29 is 31.4 Å². The maximum Gasteiger partial charge on any atom is 0.420 e. The number of methoxy groups -OCH3 is 2. The van der Waals surface area contributed by atoms with E-state index in [9.17, 15) is 18.0 Å². The molecule has 0 aliphatic heterocycles. The molecule has 0 saturated carbocycles. The number of ether oxygens (including phenoxy) is 2. The second-order valence-electron chi connectivity index (χ2n) is 9.97. The van der Waals surface area contributed by atoms with Crippen LogP contribution in [0.2, 0.25) is 10.3 Å². The lowest BCUT2D eigenvalue weighted by atomic mass is 9.97. The first-order valence-electron chi connectivity index (χ1n) is 13.2. The molecule has 0 atom stereocenters. The minimum Gasteiger partial charge on any atom is -0.497 e. The Morgan fingerprint density at radius 2 is 1.40 bits per heavy atom. The van der Waals surface area contributed by atoms with Crippen molar-refractivity contribution in [2.45, 2.75) is 26.2 Å². The maximum absolute atomic E-state index is 16.1. The second kappa shape index (κ2) is 12.5. The van der Waals surface area contributed by atoms with Gasteiger partial charge in [-0.2, -0.15) is 13.2 Å². The average Bonchev–Trinajstić information content (AvgIpc) is 2.99. The molecule has 0 bridgehead atoms. The fourth-order valence-electron chi connectivity index (χ4n) is 4.85. The van der Waals surface area contributed by atoms with Crippen molar-refractivity contribution in [2.75, 3.05) is 19.1 Å². The van der Waals surface area contributed by atoms with E-state index in [1.165, 1.54) is 27.2 Å². The van der Waals surface area contributed by atoms with Crippen molar-refractivity contribution in [2.24, 2.45) is 0 Å². The van der Waals surface area contributed by atoms with E-state index >= 15 is 8.78 Å². The van der Waals surface area contributed by atoms with Gasteiger partial charge in [-0.3, -0.25) is 9.78 Å². The zero-order valence-electron chi connectivity index (χ0n) is 23.8. The van der Waals surface area contributed by atoms with Crippen LogP contribution in [0.5, 0.6) is 11.5 Å². The molecular weight excluding hydrogens is 642 g/mol. The van der Waals surface area contributed by atoms with Crippen molar-refractivity contribution in [1.29, 1.82) is 0 Å². The summed E-state index contributed by atoms with van der Waals surface area (Å²) < 4.78 is 85.4. The number of nitrogens with zero attached hydrogens (tertiary/aromatic N) is 3. The highest BCUT2D eigenvalue weighted by molar-refractivity contribution is 6.34. The monoisotopic (exact) mass is 664 g/mol. The third-order valence-corrected chi connectivity index (χ3v) is 7.70. The summed E-state index contributed by atoms with van der Waals surface area (Å²) in [5, 5.41) is -2.24. The number of rotatable bonds is 8. The predicted octanol–water partition coefficient (Wildman–Crippen LogP) is 8.12. The number of aryl methyl sites for hydroxylation is 1. The van der Waals surface area contributed by atoms with Crippen LogP contribution in [-0.4, -0.2) is 29.2 Å². The van der Waals surface area contributed by atoms with Gasteiger partial charge in [0.2, 0.25) is 5.28 Å². The Morgan fingerprint density at radius 1 is 0.867 bits per heavy atom. The van der Waals surface area contributed by atoms with Gasteiger partial charge >= 0.3 is 6.18 Å². The summed E-state index contributed by atoms with van der Waals surface area (Å²) in [6.45, 7) is 1.91. The van der Waals surface area contributed by atoms with Crippen molar-refractivity contribution in [3.8, 4) is 22.8 Å². The van der Waals surface area contributed by atoms with E-state index in [-0.39, 0.29) is 29.5 Å². The molecule has 0 aliphatic rings. The van der Waals surface area contributed by atoms with Crippen LogP contribution in [0.1, 0.15) is 22.3 Å². The molecule has 0 amide bonds. The molecule has 0 radical (unpaired) electrons. The van der Waals surface area contributed by atoms with Gasteiger partial charge in [-0.05, 0) is 65.5 Å². The van der Waals surface area contributed by atoms with Crippen molar-refractivity contribution >= 4 is 39.9 Å². The molecule has 0 saturated heterocycles. The lowest BCUT2D eigenvalue weighted by Gasteiger charge is -2.26. The number of aromatic nitrogens is 3. The number of anilines is 1. The molecule has 14 heteroatoms. The number of alkyl halides is 3. The minimum absolute atomic E-state index is 0.114. The molecule has 3 aromatic carbocycles. The zero-order chi connectivity index (χ0) is 32.6. The third kappa shape index (κ3) is 6.38. The van der Waals surface area contributed by atoms with Gasteiger partial charge in [0.1, 0.15) is 33.8 Å². The third-order valence-electron chi connectivity index (χ3n) is 7.04. The van der Waals surface area contributed by atoms with Crippen LogP contribution in [0.4, 0.5) is 27.8 Å². The molecule has 2 heterocycles. The maximum atomic E-state index is 16.1. The fraction of sp³-hybridized carbons (Fsp3) is 0.194. The predicted molar refractivity (Wildman–Crippen MR) is 161 cm³/mol. The van der Waals surface area contributed by atoms with Crippen LogP contribution >= 0.6 is 23.2 Å².